The number of rotatable bonds is 4. The highest BCUT2D eigenvalue weighted by Gasteiger charge is 2.41. The molecular formula is C21H24N2O3. The molecular weight excluding hydrogens is 328 g/mol. The van der Waals surface area contributed by atoms with Gasteiger partial charge in [0.15, 0.2) is 0 Å². The van der Waals surface area contributed by atoms with E-state index in [0.717, 1.165) is 11.1 Å². The summed E-state index contributed by atoms with van der Waals surface area (Å²) in [4.78, 5) is 27.4. The number of hydrogen-bond donors (Lipinski definition) is 1. The van der Waals surface area contributed by atoms with Gasteiger partial charge >= 0.3 is 6.09 Å². The maximum atomic E-state index is 12.4. The molecule has 1 N–H and O–H groups in total. The number of hydrogen-bond acceptors (Lipinski definition) is 2. The molecule has 2 amide bonds. The van der Waals surface area contributed by atoms with E-state index in [2.05, 4.69) is 0 Å². The average molecular weight is 352 g/mol. The van der Waals surface area contributed by atoms with E-state index in [-0.39, 0.29) is 30.5 Å². The number of carbonyl (C=O) groups excluding carboxylic acids is 1. The number of piperazine rings is 1. The Morgan fingerprint density at radius 3 is 1.92 bits per heavy atom. The van der Waals surface area contributed by atoms with Gasteiger partial charge < -0.3 is 10.0 Å². The summed E-state index contributed by atoms with van der Waals surface area (Å²) in [6.07, 6.45) is -1.05. The van der Waals surface area contributed by atoms with Crippen molar-refractivity contribution in [3.05, 3.63) is 71.8 Å². The van der Waals surface area contributed by atoms with Gasteiger partial charge in [-0.3, -0.25) is 9.69 Å². The fourth-order valence-corrected chi connectivity index (χ4v) is 3.71. The molecule has 3 rings (SSSR count). The van der Waals surface area contributed by atoms with Crippen LogP contribution >= 0.6 is 0 Å². The number of benzene rings is 2. The summed E-state index contributed by atoms with van der Waals surface area (Å²) in [6, 6.07) is 19.5. The lowest BCUT2D eigenvalue weighted by molar-refractivity contribution is -0.139. The molecule has 1 atom stereocenters. The largest absolute Gasteiger partial charge is 0.465 e. The van der Waals surface area contributed by atoms with Crippen molar-refractivity contribution >= 4 is 12.0 Å². The summed E-state index contributed by atoms with van der Waals surface area (Å²) in [7, 11) is 0. The van der Waals surface area contributed by atoms with Crippen molar-refractivity contribution in [3.63, 3.8) is 0 Å². The first-order valence-corrected chi connectivity index (χ1v) is 8.88. The molecule has 0 radical (unpaired) electrons. The lowest BCUT2D eigenvalue weighted by Crippen LogP contribution is -2.61. The molecule has 1 heterocycles. The van der Waals surface area contributed by atoms with Crippen molar-refractivity contribution in [2.24, 2.45) is 0 Å². The lowest BCUT2D eigenvalue weighted by atomic mass is 9.83. The minimum Gasteiger partial charge on any atom is -0.465 e. The van der Waals surface area contributed by atoms with E-state index in [1.807, 2.05) is 74.5 Å². The minimum atomic E-state index is -1.05. The fourth-order valence-electron chi connectivity index (χ4n) is 3.71. The van der Waals surface area contributed by atoms with Gasteiger partial charge in [0.1, 0.15) is 6.54 Å². The van der Waals surface area contributed by atoms with E-state index in [1.54, 1.807) is 4.90 Å². The molecule has 0 aromatic heterocycles. The summed E-state index contributed by atoms with van der Waals surface area (Å²) >= 11 is 0. The van der Waals surface area contributed by atoms with Gasteiger partial charge in [0.25, 0.3) is 0 Å². The van der Waals surface area contributed by atoms with Gasteiger partial charge in [0.2, 0.25) is 5.91 Å². The molecule has 0 bridgehead atoms. The molecule has 2 aromatic carbocycles. The van der Waals surface area contributed by atoms with Crippen molar-refractivity contribution < 1.29 is 14.7 Å². The molecule has 1 saturated heterocycles. The van der Waals surface area contributed by atoms with Crippen LogP contribution in [0, 0.1) is 0 Å². The van der Waals surface area contributed by atoms with E-state index < -0.39 is 6.09 Å². The van der Waals surface area contributed by atoms with Crippen molar-refractivity contribution in [2.75, 3.05) is 13.1 Å². The molecule has 0 aliphatic carbocycles. The lowest BCUT2D eigenvalue weighted by Gasteiger charge is -2.44. The van der Waals surface area contributed by atoms with Gasteiger partial charge in [-0.05, 0) is 25.0 Å². The Balaban J connectivity index is 2.07. The summed E-state index contributed by atoms with van der Waals surface area (Å²) in [6.45, 7) is 4.21. The van der Waals surface area contributed by atoms with E-state index in [0.29, 0.717) is 6.54 Å². The number of carboxylic acid groups (broad SMARTS) is 1. The van der Waals surface area contributed by atoms with Crippen LogP contribution in [-0.4, -0.2) is 52.1 Å². The molecule has 136 valence electrons. The highest BCUT2D eigenvalue weighted by atomic mass is 16.4. The van der Waals surface area contributed by atoms with Crippen LogP contribution in [-0.2, 0) is 4.79 Å². The smallest absolute Gasteiger partial charge is 0.408 e. The van der Waals surface area contributed by atoms with E-state index in [9.17, 15) is 14.7 Å². The van der Waals surface area contributed by atoms with Crippen LogP contribution in [0.15, 0.2) is 60.7 Å². The van der Waals surface area contributed by atoms with E-state index >= 15 is 0 Å². The number of carbonyl (C=O) groups is 2. The van der Waals surface area contributed by atoms with Crippen molar-refractivity contribution in [1.29, 1.82) is 0 Å². The molecule has 2 aromatic rings. The predicted octanol–water partition coefficient (Wildman–Crippen LogP) is 3.42. The molecule has 26 heavy (non-hydrogen) atoms. The van der Waals surface area contributed by atoms with Crippen molar-refractivity contribution in [2.45, 2.75) is 31.8 Å². The Morgan fingerprint density at radius 1 is 1.00 bits per heavy atom. The molecule has 1 fully saturated rings. The third kappa shape index (κ3) is 3.57. The molecule has 1 aliphatic heterocycles. The summed E-state index contributed by atoms with van der Waals surface area (Å²) < 4.78 is 0. The Morgan fingerprint density at radius 2 is 1.50 bits per heavy atom. The molecule has 5 heteroatoms. The highest BCUT2D eigenvalue weighted by molar-refractivity contribution is 5.84. The monoisotopic (exact) mass is 352 g/mol. The number of amides is 2. The number of nitrogens with zero attached hydrogens (tertiary/aromatic N) is 2. The highest BCUT2D eigenvalue weighted by Crippen LogP contribution is 2.33. The fraction of sp³-hybridized carbons (Fsp3) is 0.333. The molecule has 0 saturated carbocycles. The Labute approximate surface area is 153 Å². The summed E-state index contributed by atoms with van der Waals surface area (Å²) in [5, 5.41) is 9.75. The second-order valence-electron chi connectivity index (χ2n) is 6.92. The Bertz CT molecular complexity index is 722. The quantitative estimate of drug-likeness (QED) is 0.917. The first kappa shape index (κ1) is 18.0. The van der Waals surface area contributed by atoms with Gasteiger partial charge in [-0.25, -0.2) is 4.79 Å². The van der Waals surface area contributed by atoms with Gasteiger partial charge in [0.05, 0.1) is 6.04 Å². The zero-order valence-corrected chi connectivity index (χ0v) is 15.1. The molecule has 0 unspecified atom stereocenters. The van der Waals surface area contributed by atoms with Crippen LogP contribution in [0.1, 0.15) is 30.9 Å². The Kier molecular flexibility index (Phi) is 5.26. The second kappa shape index (κ2) is 7.60. The van der Waals surface area contributed by atoms with Gasteiger partial charge in [-0.2, -0.15) is 0 Å². The van der Waals surface area contributed by atoms with E-state index in [1.165, 1.54) is 4.90 Å². The van der Waals surface area contributed by atoms with Gasteiger partial charge in [0, 0.05) is 18.5 Å². The topological polar surface area (TPSA) is 60.9 Å². The third-order valence-electron chi connectivity index (χ3n) is 4.98. The van der Waals surface area contributed by atoms with Crippen molar-refractivity contribution in [1.82, 2.24) is 9.80 Å². The van der Waals surface area contributed by atoms with Crippen LogP contribution in [0.4, 0.5) is 4.79 Å². The second-order valence-corrected chi connectivity index (χ2v) is 6.92. The third-order valence-corrected chi connectivity index (χ3v) is 4.98. The summed E-state index contributed by atoms with van der Waals surface area (Å²) in [5.74, 6) is -0.277. The van der Waals surface area contributed by atoms with Crippen LogP contribution in [0.2, 0.25) is 0 Å². The first-order chi connectivity index (χ1) is 12.5. The van der Waals surface area contributed by atoms with Crippen LogP contribution in [0.5, 0.6) is 0 Å². The zero-order chi connectivity index (χ0) is 18.7. The van der Waals surface area contributed by atoms with Crippen LogP contribution in [0.3, 0.4) is 0 Å². The molecule has 0 spiro atoms. The van der Waals surface area contributed by atoms with Crippen LogP contribution < -0.4 is 0 Å². The zero-order valence-electron chi connectivity index (χ0n) is 15.1. The van der Waals surface area contributed by atoms with Crippen molar-refractivity contribution in [3.8, 4) is 0 Å². The van der Waals surface area contributed by atoms with Gasteiger partial charge in [-0.15, -0.1) is 0 Å². The molecule has 1 aliphatic rings. The maximum Gasteiger partial charge on any atom is 0.408 e. The van der Waals surface area contributed by atoms with Crippen LogP contribution in [0.25, 0.3) is 0 Å². The average Bonchev–Trinajstić information content (AvgIpc) is 2.64. The Hall–Kier alpha value is -2.82. The normalized spacial score (nSPS) is 17.8. The predicted molar refractivity (Wildman–Crippen MR) is 100 cm³/mol. The maximum absolute atomic E-state index is 12.4. The molecule has 5 nitrogen and oxygen atoms in total. The minimum absolute atomic E-state index is 0.0353. The summed E-state index contributed by atoms with van der Waals surface area (Å²) in [5.41, 5.74) is 2.10. The SMILES string of the molecule is CC(C)N1C[C@H](C(c2ccccc2)c2ccccc2)N(C(=O)O)CC1=O. The first-order valence-electron chi connectivity index (χ1n) is 8.88. The van der Waals surface area contributed by atoms with Gasteiger partial charge in [-0.1, -0.05) is 60.7 Å². The standard InChI is InChI=1S/C21H24N2O3/c1-15(2)22-13-18(23(21(25)26)14-19(22)24)20(16-9-5-3-6-10-16)17-11-7-4-8-12-17/h3-12,15,18,20H,13-14H2,1-2H3,(H,25,26)/t18-/m1/s1. The van der Waals surface area contributed by atoms with E-state index in [4.69, 9.17) is 0 Å².